The summed E-state index contributed by atoms with van der Waals surface area (Å²) in [5.74, 6) is 0. The molecule has 27 heavy (non-hydrogen) atoms. The summed E-state index contributed by atoms with van der Waals surface area (Å²) < 4.78 is 0. The fraction of sp³-hybridized carbons (Fsp3) is 0.520. The zero-order valence-corrected chi connectivity index (χ0v) is 17.9. The lowest BCUT2D eigenvalue weighted by Gasteiger charge is -2.35. The predicted octanol–water partition coefficient (Wildman–Crippen LogP) is 6.23. The van der Waals surface area contributed by atoms with Gasteiger partial charge in [-0.1, -0.05) is 53.1 Å². The summed E-state index contributed by atoms with van der Waals surface area (Å²) in [5.41, 5.74) is 5.83. The highest BCUT2D eigenvalue weighted by atomic mass is 15.3. The molecular formula is C25H38N2. The molecule has 0 aliphatic carbocycles. The lowest BCUT2D eigenvalue weighted by molar-refractivity contribution is 0.283. The molecule has 1 heterocycles. The maximum Gasteiger partial charge on any atom is 0.0367 e. The van der Waals surface area contributed by atoms with Gasteiger partial charge < -0.3 is 4.90 Å². The van der Waals surface area contributed by atoms with Crippen molar-refractivity contribution in [1.82, 2.24) is 4.90 Å². The summed E-state index contributed by atoms with van der Waals surface area (Å²) in [6.07, 6.45) is 11.9. The molecule has 0 unspecified atom stereocenters. The number of allylic oxidation sites excluding steroid dienone is 5. The third kappa shape index (κ3) is 8.62. The van der Waals surface area contributed by atoms with Gasteiger partial charge in [0, 0.05) is 38.4 Å². The fourth-order valence-electron chi connectivity index (χ4n) is 3.45. The Morgan fingerprint density at radius 1 is 0.778 bits per heavy atom. The van der Waals surface area contributed by atoms with Gasteiger partial charge in [0.15, 0.2) is 0 Å². The van der Waals surface area contributed by atoms with Crippen LogP contribution in [-0.2, 0) is 0 Å². The first kappa shape index (κ1) is 21.5. The molecule has 2 rings (SSSR count). The zero-order chi connectivity index (χ0) is 19.5. The van der Waals surface area contributed by atoms with Crippen molar-refractivity contribution in [2.75, 3.05) is 37.6 Å². The maximum absolute atomic E-state index is 2.57. The van der Waals surface area contributed by atoms with E-state index in [4.69, 9.17) is 0 Å². The largest absolute Gasteiger partial charge is 0.369 e. The lowest BCUT2D eigenvalue weighted by Crippen LogP contribution is -2.46. The first-order valence-corrected chi connectivity index (χ1v) is 10.5. The molecule has 0 spiro atoms. The molecule has 2 nitrogen and oxygen atoms in total. The first-order chi connectivity index (χ1) is 13.0. The van der Waals surface area contributed by atoms with Crippen molar-refractivity contribution >= 4 is 5.69 Å². The van der Waals surface area contributed by atoms with E-state index in [9.17, 15) is 0 Å². The van der Waals surface area contributed by atoms with Gasteiger partial charge in [0.25, 0.3) is 0 Å². The van der Waals surface area contributed by atoms with Gasteiger partial charge in [0.1, 0.15) is 0 Å². The molecule has 1 aliphatic rings. The van der Waals surface area contributed by atoms with Gasteiger partial charge in [0.2, 0.25) is 0 Å². The Hall–Kier alpha value is -1.80. The molecule has 1 aromatic rings. The van der Waals surface area contributed by atoms with Crippen LogP contribution in [-0.4, -0.2) is 37.6 Å². The Morgan fingerprint density at radius 3 is 2.00 bits per heavy atom. The first-order valence-electron chi connectivity index (χ1n) is 10.5. The van der Waals surface area contributed by atoms with Crippen molar-refractivity contribution < 1.29 is 0 Å². The van der Waals surface area contributed by atoms with Gasteiger partial charge in [0.05, 0.1) is 0 Å². The monoisotopic (exact) mass is 366 g/mol. The van der Waals surface area contributed by atoms with Crippen molar-refractivity contribution in [3.8, 4) is 0 Å². The summed E-state index contributed by atoms with van der Waals surface area (Å²) in [6, 6.07) is 10.8. The van der Waals surface area contributed by atoms with Gasteiger partial charge in [-0.3, -0.25) is 4.90 Å². The van der Waals surface area contributed by atoms with E-state index in [0.717, 1.165) is 32.7 Å². The van der Waals surface area contributed by atoms with Gasteiger partial charge in [-0.2, -0.15) is 0 Å². The number of hydrogen-bond donors (Lipinski definition) is 0. The molecule has 1 saturated heterocycles. The third-order valence-electron chi connectivity index (χ3n) is 5.31. The van der Waals surface area contributed by atoms with Crippen LogP contribution in [0.1, 0.15) is 53.4 Å². The number of anilines is 1. The van der Waals surface area contributed by atoms with Gasteiger partial charge in [-0.25, -0.2) is 0 Å². The van der Waals surface area contributed by atoms with Crippen LogP contribution in [0, 0.1) is 0 Å². The Kier molecular flexibility index (Phi) is 9.41. The van der Waals surface area contributed by atoms with Crippen LogP contribution in [0.4, 0.5) is 5.69 Å². The minimum Gasteiger partial charge on any atom is -0.369 e. The summed E-state index contributed by atoms with van der Waals surface area (Å²) in [5, 5.41) is 0. The maximum atomic E-state index is 2.57. The molecule has 1 aliphatic heterocycles. The summed E-state index contributed by atoms with van der Waals surface area (Å²) in [7, 11) is 0. The summed E-state index contributed by atoms with van der Waals surface area (Å²) in [4.78, 5) is 5.07. The molecular weight excluding hydrogens is 328 g/mol. The van der Waals surface area contributed by atoms with Crippen LogP contribution < -0.4 is 4.90 Å². The second-order valence-electron chi connectivity index (χ2n) is 8.08. The van der Waals surface area contributed by atoms with Crippen LogP contribution in [0.3, 0.4) is 0 Å². The van der Waals surface area contributed by atoms with E-state index in [1.807, 2.05) is 0 Å². The van der Waals surface area contributed by atoms with E-state index in [2.05, 4.69) is 86.1 Å². The molecule has 1 fully saturated rings. The normalized spacial score (nSPS) is 16.5. The number of rotatable bonds is 9. The molecule has 0 aromatic heterocycles. The number of benzene rings is 1. The predicted molar refractivity (Wildman–Crippen MR) is 121 cm³/mol. The molecule has 0 atom stereocenters. The fourth-order valence-corrected chi connectivity index (χ4v) is 3.45. The Bertz CT molecular complexity index is 628. The quantitative estimate of drug-likeness (QED) is 0.478. The van der Waals surface area contributed by atoms with Gasteiger partial charge in [-0.05, 0) is 65.5 Å². The number of piperazine rings is 1. The second-order valence-corrected chi connectivity index (χ2v) is 8.08. The van der Waals surface area contributed by atoms with Crippen molar-refractivity contribution in [2.45, 2.75) is 53.4 Å². The second kappa shape index (κ2) is 11.8. The summed E-state index contributed by atoms with van der Waals surface area (Å²) >= 11 is 0. The van der Waals surface area contributed by atoms with E-state index in [1.165, 1.54) is 48.1 Å². The average molecular weight is 367 g/mol. The van der Waals surface area contributed by atoms with Crippen LogP contribution in [0.25, 0.3) is 0 Å². The van der Waals surface area contributed by atoms with E-state index in [0.29, 0.717) is 0 Å². The van der Waals surface area contributed by atoms with Gasteiger partial charge in [-0.15, -0.1) is 0 Å². The van der Waals surface area contributed by atoms with Crippen molar-refractivity contribution in [3.05, 3.63) is 65.3 Å². The van der Waals surface area contributed by atoms with Crippen LogP contribution in [0.5, 0.6) is 0 Å². The molecule has 1 aromatic carbocycles. The Morgan fingerprint density at radius 2 is 1.37 bits per heavy atom. The van der Waals surface area contributed by atoms with Crippen LogP contribution in [0.2, 0.25) is 0 Å². The smallest absolute Gasteiger partial charge is 0.0367 e. The minimum absolute atomic E-state index is 1.09. The standard InChI is InChI=1S/C25H38N2/c1-22(2)10-8-11-23(3)12-9-13-24(4)16-17-26-18-20-27(21-19-26)25-14-6-5-7-15-25/h5-7,10,12,14-16H,8-9,11,13,17-21H2,1-4H3/b23-12+,24-16+. The van der Waals surface area contributed by atoms with E-state index in [1.54, 1.807) is 0 Å². The molecule has 0 radical (unpaired) electrons. The Balaban J connectivity index is 1.65. The molecule has 0 bridgehead atoms. The van der Waals surface area contributed by atoms with Crippen LogP contribution in [0.15, 0.2) is 65.3 Å². The highest BCUT2D eigenvalue weighted by Gasteiger charge is 2.15. The molecule has 0 amide bonds. The van der Waals surface area contributed by atoms with Gasteiger partial charge >= 0.3 is 0 Å². The molecule has 2 heteroatoms. The van der Waals surface area contributed by atoms with E-state index < -0.39 is 0 Å². The molecule has 0 N–H and O–H groups in total. The van der Waals surface area contributed by atoms with E-state index >= 15 is 0 Å². The summed E-state index contributed by atoms with van der Waals surface area (Å²) in [6.45, 7) is 14.6. The Labute approximate surface area is 167 Å². The topological polar surface area (TPSA) is 6.48 Å². The van der Waals surface area contributed by atoms with Crippen LogP contribution >= 0.6 is 0 Å². The van der Waals surface area contributed by atoms with E-state index in [-0.39, 0.29) is 0 Å². The minimum atomic E-state index is 1.09. The average Bonchev–Trinajstić information content (AvgIpc) is 2.67. The molecule has 0 saturated carbocycles. The zero-order valence-electron chi connectivity index (χ0n) is 17.9. The lowest BCUT2D eigenvalue weighted by atomic mass is 10.1. The van der Waals surface area contributed by atoms with Crippen molar-refractivity contribution in [2.24, 2.45) is 0 Å². The third-order valence-corrected chi connectivity index (χ3v) is 5.31. The number of hydrogen-bond acceptors (Lipinski definition) is 2. The highest BCUT2D eigenvalue weighted by Crippen LogP contribution is 2.16. The molecule has 148 valence electrons. The number of para-hydroxylation sites is 1. The highest BCUT2D eigenvalue weighted by molar-refractivity contribution is 5.46. The van der Waals surface area contributed by atoms with Crippen molar-refractivity contribution in [3.63, 3.8) is 0 Å². The number of nitrogens with zero attached hydrogens (tertiary/aromatic N) is 2. The van der Waals surface area contributed by atoms with Crippen molar-refractivity contribution in [1.29, 1.82) is 0 Å². The SMILES string of the molecule is CC(C)=CCC/C(C)=C/CC/C(C)=C/CN1CCN(c2ccccc2)CC1.